The van der Waals surface area contributed by atoms with E-state index in [-0.39, 0.29) is 24.0 Å². The van der Waals surface area contributed by atoms with Crippen LogP contribution in [0.5, 0.6) is 0 Å². The summed E-state index contributed by atoms with van der Waals surface area (Å²) in [4.78, 5) is 4.03. The number of nitrogens with one attached hydrogen (secondary N) is 1. The summed E-state index contributed by atoms with van der Waals surface area (Å²) in [5.41, 5.74) is 5.67. The molecule has 0 aliphatic carbocycles. The summed E-state index contributed by atoms with van der Waals surface area (Å²) in [5.74, 6) is 1.29. The number of aryl methyl sites for hydroxylation is 1. The molecule has 8 heteroatoms. The summed E-state index contributed by atoms with van der Waals surface area (Å²) < 4.78 is 24.2. The predicted octanol–water partition coefficient (Wildman–Crippen LogP) is 0.363. The first kappa shape index (κ1) is 14.7. The second-order valence-electron chi connectivity index (χ2n) is 4.53. The fourth-order valence-corrected chi connectivity index (χ4v) is 2.00. The molecule has 7 nitrogen and oxygen atoms in total. The number of anilines is 2. The first-order valence-corrected chi connectivity index (χ1v) is 7.80. The van der Waals surface area contributed by atoms with Crippen LogP contribution in [0.4, 0.5) is 11.9 Å². The number of rotatable bonds is 7. The third-order valence-electron chi connectivity index (χ3n) is 2.42. The van der Waals surface area contributed by atoms with Gasteiger partial charge in [-0.05, 0) is 5.92 Å². The highest BCUT2D eigenvalue weighted by atomic mass is 32.2. The van der Waals surface area contributed by atoms with Gasteiger partial charge in [0.25, 0.3) is 0 Å². The van der Waals surface area contributed by atoms with Gasteiger partial charge in [-0.2, -0.15) is 4.98 Å². The Balaban J connectivity index is 2.62. The monoisotopic (exact) mass is 275 g/mol. The van der Waals surface area contributed by atoms with Gasteiger partial charge in [0.2, 0.25) is 11.9 Å². The molecule has 0 aliphatic rings. The zero-order chi connectivity index (χ0) is 13.8. The van der Waals surface area contributed by atoms with Crippen molar-refractivity contribution in [1.29, 1.82) is 0 Å². The van der Waals surface area contributed by atoms with Crippen LogP contribution < -0.4 is 11.1 Å². The van der Waals surface area contributed by atoms with Gasteiger partial charge in [-0.25, -0.2) is 13.1 Å². The molecule has 1 rings (SSSR count). The fraction of sp³-hybridized carbons (Fsp3) is 0.800. The molecule has 0 aromatic carbocycles. The molecule has 0 aliphatic heterocycles. The number of aromatic nitrogens is 3. The van der Waals surface area contributed by atoms with E-state index in [0.717, 1.165) is 6.54 Å². The second-order valence-corrected chi connectivity index (χ2v) is 7.00. The van der Waals surface area contributed by atoms with Crippen LogP contribution in [-0.2, 0) is 16.4 Å². The van der Waals surface area contributed by atoms with E-state index in [0.29, 0.717) is 11.9 Å². The van der Waals surface area contributed by atoms with Crippen molar-refractivity contribution >= 4 is 21.7 Å². The van der Waals surface area contributed by atoms with Crippen LogP contribution in [0.1, 0.15) is 20.8 Å². The van der Waals surface area contributed by atoms with Crippen molar-refractivity contribution in [3.05, 3.63) is 0 Å². The average Bonchev–Trinajstić information content (AvgIpc) is 2.65. The Morgan fingerprint density at radius 1 is 1.44 bits per heavy atom. The molecule has 0 radical (unpaired) electrons. The number of hydrogen-bond donors (Lipinski definition) is 2. The highest BCUT2D eigenvalue weighted by molar-refractivity contribution is 7.91. The molecule has 104 valence electrons. The maximum Gasteiger partial charge on any atom is 0.243 e. The molecule has 0 atom stereocenters. The van der Waals surface area contributed by atoms with Gasteiger partial charge in [-0.15, -0.1) is 5.10 Å². The Labute approximate surface area is 108 Å². The molecule has 0 unspecified atom stereocenters. The van der Waals surface area contributed by atoms with Gasteiger partial charge >= 0.3 is 0 Å². The van der Waals surface area contributed by atoms with E-state index >= 15 is 0 Å². The molecule has 0 saturated heterocycles. The maximum absolute atomic E-state index is 11.4. The van der Waals surface area contributed by atoms with Crippen LogP contribution in [0, 0.1) is 5.92 Å². The van der Waals surface area contributed by atoms with Crippen molar-refractivity contribution in [2.24, 2.45) is 5.92 Å². The first-order valence-electron chi connectivity index (χ1n) is 5.98. The van der Waals surface area contributed by atoms with E-state index in [9.17, 15) is 8.42 Å². The van der Waals surface area contributed by atoms with Crippen molar-refractivity contribution in [2.75, 3.05) is 29.1 Å². The SMILES string of the molecule is CCS(=O)(=O)CCn1nc(NCC(C)C)nc1N. The van der Waals surface area contributed by atoms with Gasteiger partial charge in [0.1, 0.15) is 0 Å². The lowest BCUT2D eigenvalue weighted by molar-refractivity contribution is 0.583. The standard InChI is InChI=1S/C10H21N5O2S/c1-4-18(16,17)6-5-15-9(11)13-10(14-15)12-7-8(2)3/h8H,4-7H2,1-3H3,(H3,11,12,13,14). The molecule has 3 N–H and O–H groups in total. The van der Waals surface area contributed by atoms with E-state index in [4.69, 9.17) is 5.73 Å². The van der Waals surface area contributed by atoms with Crippen molar-refractivity contribution in [2.45, 2.75) is 27.3 Å². The molecule has 0 saturated carbocycles. The minimum absolute atomic E-state index is 0.0285. The Kier molecular flexibility index (Phi) is 4.94. The third kappa shape index (κ3) is 4.52. The minimum Gasteiger partial charge on any atom is -0.368 e. The summed E-state index contributed by atoms with van der Waals surface area (Å²) in [6.45, 7) is 6.74. The van der Waals surface area contributed by atoms with Crippen LogP contribution in [0.2, 0.25) is 0 Å². The second kappa shape index (κ2) is 6.03. The summed E-state index contributed by atoms with van der Waals surface area (Å²) in [6, 6.07) is 0. The highest BCUT2D eigenvalue weighted by Crippen LogP contribution is 2.06. The molecule has 1 aromatic rings. The molecular formula is C10H21N5O2S. The van der Waals surface area contributed by atoms with Crippen LogP contribution in [0.25, 0.3) is 0 Å². The van der Waals surface area contributed by atoms with Crippen molar-refractivity contribution in [3.8, 4) is 0 Å². The average molecular weight is 275 g/mol. The molecule has 1 aromatic heterocycles. The fourth-order valence-electron chi connectivity index (χ4n) is 1.26. The van der Waals surface area contributed by atoms with Crippen LogP contribution in [0.15, 0.2) is 0 Å². The topological polar surface area (TPSA) is 103 Å². The lowest BCUT2D eigenvalue weighted by atomic mass is 10.2. The summed E-state index contributed by atoms with van der Waals surface area (Å²) in [7, 11) is -3.02. The Morgan fingerprint density at radius 3 is 2.67 bits per heavy atom. The van der Waals surface area contributed by atoms with Crippen LogP contribution in [-0.4, -0.2) is 41.2 Å². The predicted molar refractivity (Wildman–Crippen MR) is 72.1 cm³/mol. The lowest BCUT2D eigenvalue weighted by Crippen LogP contribution is -2.17. The maximum atomic E-state index is 11.4. The molecule has 0 bridgehead atoms. The Hall–Kier alpha value is -1.31. The zero-order valence-electron chi connectivity index (χ0n) is 11.0. The van der Waals surface area contributed by atoms with Gasteiger partial charge in [-0.3, -0.25) is 0 Å². The van der Waals surface area contributed by atoms with Crippen molar-refractivity contribution in [1.82, 2.24) is 14.8 Å². The van der Waals surface area contributed by atoms with E-state index in [2.05, 4.69) is 29.2 Å². The summed E-state index contributed by atoms with van der Waals surface area (Å²) in [6.07, 6.45) is 0. The third-order valence-corrected chi connectivity index (χ3v) is 4.11. The van der Waals surface area contributed by atoms with Crippen molar-refractivity contribution < 1.29 is 8.42 Å². The molecule has 0 spiro atoms. The Morgan fingerprint density at radius 2 is 2.11 bits per heavy atom. The quantitative estimate of drug-likeness (QED) is 0.745. The normalized spacial score (nSPS) is 12.0. The number of nitrogen functional groups attached to an aromatic ring is 1. The molecule has 1 heterocycles. The minimum atomic E-state index is -3.02. The van der Waals surface area contributed by atoms with Gasteiger partial charge in [-0.1, -0.05) is 20.8 Å². The number of hydrogen-bond acceptors (Lipinski definition) is 6. The summed E-state index contributed by atoms with van der Waals surface area (Å²) in [5, 5.41) is 7.17. The van der Waals surface area contributed by atoms with Gasteiger partial charge in [0, 0.05) is 12.3 Å². The number of nitrogens with zero attached hydrogens (tertiary/aromatic N) is 3. The zero-order valence-corrected chi connectivity index (χ0v) is 11.9. The molecule has 0 fully saturated rings. The number of nitrogens with two attached hydrogens (primary N) is 1. The van der Waals surface area contributed by atoms with Gasteiger partial charge in [0.15, 0.2) is 9.84 Å². The Bertz CT molecular complexity index is 480. The number of sulfone groups is 1. The summed E-state index contributed by atoms with van der Waals surface area (Å²) >= 11 is 0. The van der Waals surface area contributed by atoms with E-state index < -0.39 is 9.84 Å². The van der Waals surface area contributed by atoms with E-state index in [1.54, 1.807) is 6.92 Å². The van der Waals surface area contributed by atoms with E-state index in [1.807, 2.05) is 0 Å². The highest BCUT2D eigenvalue weighted by Gasteiger charge is 2.11. The smallest absolute Gasteiger partial charge is 0.243 e. The largest absolute Gasteiger partial charge is 0.368 e. The van der Waals surface area contributed by atoms with Crippen LogP contribution in [0.3, 0.4) is 0 Å². The van der Waals surface area contributed by atoms with Crippen LogP contribution >= 0.6 is 0 Å². The molecule has 0 amide bonds. The van der Waals surface area contributed by atoms with Gasteiger partial charge in [0.05, 0.1) is 12.3 Å². The first-order chi connectivity index (χ1) is 8.34. The van der Waals surface area contributed by atoms with Crippen molar-refractivity contribution in [3.63, 3.8) is 0 Å². The van der Waals surface area contributed by atoms with E-state index in [1.165, 1.54) is 4.68 Å². The van der Waals surface area contributed by atoms with Gasteiger partial charge < -0.3 is 11.1 Å². The molecular weight excluding hydrogens is 254 g/mol. The molecule has 18 heavy (non-hydrogen) atoms. The lowest BCUT2D eigenvalue weighted by Gasteiger charge is -2.04.